The van der Waals surface area contributed by atoms with Gasteiger partial charge >= 0.3 is 0 Å². The Kier molecular flexibility index (Phi) is 4.41. The fraction of sp³-hybridized carbons (Fsp3) is 0.429. The molecule has 3 nitrogen and oxygen atoms in total. The lowest BCUT2D eigenvalue weighted by molar-refractivity contribution is 0.296. The van der Waals surface area contributed by atoms with E-state index in [1.54, 1.807) is 0 Å². The minimum absolute atomic E-state index is 0.0351. The van der Waals surface area contributed by atoms with Crippen LogP contribution in [0, 0.1) is 5.82 Å². The second-order valence-corrected chi connectivity index (χ2v) is 3.64. The number of hydrogen-bond donors (Lipinski definition) is 1. The van der Waals surface area contributed by atoms with Crippen LogP contribution in [0.3, 0.4) is 0 Å². The molecule has 0 bridgehead atoms. The van der Waals surface area contributed by atoms with Crippen LogP contribution in [-0.4, -0.2) is 27.4 Å². The van der Waals surface area contributed by atoms with Gasteiger partial charge in [-0.15, -0.1) is 11.8 Å². The average Bonchev–Trinajstić information content (AvgIpc) is 2.11. The van der Waals surface area contributed by atoms with Gasteiger partial charge in [-0.3, -0.25) is 0 Å². The standard InChI is InChI=1S/C7H8ClFN2OS/c8-7-10-4-5(9)6(11-7)13-3-1-2-12/h4,12H,1-3H2. The maximum absolute atomic E-state index is 12.9. The predicted molar refractivity (Wildman–Crippen MR) is 49.4 cm³/mol. The van der Waals surface area contributed by atoms with Gasteiger partial charge in [-0.05, 0) is 18.0 Å². The second-order valence-electron chi connectivity index (χ2n) is 2.22. The molecule has 0 radical (unpaired) electrons. The largest absolute Gasteiger partial charge is 0.396 e. The van der Waals surface area contributed by atoms with Crippen LogP contribution < -0.4 is 0 Å². The molecule has 0 spiro atoms. The summed E-state index contributed by atoms with van der Waals surface area (Å²) in [5.41, 5.74) is 0. The Morgan fingerprint density at radius 3 is 3.08 bits per heavy atom. The van der Waals surface area contributed by atoms with E-state index < -0.39 is 5.82 Å². The summed E-state index contributed by atoms with van der Waals surface area (Å²) in [6, 6.07) is 0. The minimum Gasteiger partial charge on any atom is -0.396 e. The van der Waals surface area contributed by atoms with Crippen LogP contribution in [0.2, 0.25) is 5.28 Å². The van der Waals surface area contributed by atoms with Crippen LogP contribution >= 0.6 is 23.4 Å². The Bertz CT molecular complexity index is 287. The number of nitrogens with zero attached hydrogens (tertiary/aromatic N) is 2. The predicted octanol–water partition coefficient (Wildman–Crippen LogP) is 1.74. The molecule has 13 heavy (non-hydrogen) atoms. The molecule has 0 atom stereocenters. The number of aliphatic hydroxyl groups is 1. The number of halogens is 2. The zero-order chi connectivity index (χ0) is 9.68. The summed E-state index contributed by atoms with van der Waals surface area (Å²) >= 11 is 6.69. The molecule has 0 saturated heterocycles. The van der Waals surface area contributed by atoms with Gasteiger partial charge in [0.1, 0.15) is 5.03 Å². The number of aromatic nitrogens is 2. The fourth-order valence-electron chi connectivity index (χ4n) is 0.666. The quantitative estimate of drug-likeness (QED) is 0.365. The highest BCUT2D eigenvalue weighted by molar-refractivity contribution is 7.99. The lowest BCUT2D eigenvalue weighted by Crippen LogP contribution is -1.93. The van der Waals surface area contributed by atoms with E-state index in [-0.39, 0.29) is 16.9 Å². The number of hydrogen-bond acceptors (Lipinski definition) is 4. The minimum atomic E-state index is -0.479. The highest BCUT2D eigenvalue weighted by Gasteiger charge is 2.05. The summed E-state index contributed by atoms with van der Waals surface area (Å²) in [4.78, 5) is 7.19. The summed E-state index contributed by atoms with van der Waals surface area (Å²) in [6.45, 7) is 0.0907. The van der Waals surface area contributed by atoms with Crippen molar-refractivity contribution >= 4 is 23.4 Å². The first-order valence-corrected chi connectivity index (χ1v) is 5.02. The Morgan fingerprint density at radius 1 is 1.62 bits per heavy atom. The first-order valence-electron chi connectivity index (χ1n) is 3.65. The van der Waals surface area contributed by atoms with E-state index in [1.807, 2.05) is 0 Å². The molecule has 0 amide bonds. The van der Waals surface area contributed by atoms with E-state index in [2.05, 4.69) is 9.97 Å². The molecular weight excluding hydrogens is 215 g/mol. The molecule has 0 unspecified atom stereocenters. The molecule has 1 rings (SSSR count). The topological polar surface area (TPSA) is 46.0 Å². The van der Waals surface area contributed by atoms with Crippen LogP contribution in [0.25, 0.3) is 0 Å². The molecule has 0 fully saturated rings. The molecule has 0 aliphatic rings. The van der Waals surface area contributed by atoms with Gasteiger partial charge in [0.2, 0.25) is 5.28 Å². The zero-order valence-corrected chi connectivity index (χ0v) is 8.28. The maximum atomic E-state index is 12.9. The molecule has 0 aliphatic heterocycles. The summed E-state index contributed by atoms with van der Waals surface area (Å²) in [7, 11) is 0. The van der Waals surface area contributed by atoms with Crippen molar-refractivity contribution in [2.24, 2.45) is 0 Å². The molecular formula is C7H8ClFN2OS. The molecule has 1 N–H and O–H groups in total. The molecule has 1 aromatic rings. The molecule has 1 aromatic heterocycles. The van der Waals surface area contributed by atoms with E-state index in [0.717, 1.165) is 6.20 Å². The third kappa shape index (κ3) is 3.46. The van der Waals surface area contributed by atoms with Gasteiger partial charge in [0, 0.05) is 12.4 Å². The fourth-order valence-corrected chi connectivity index (χ4v) is 1.66. The van der Waals surface area contributed by atoms with Gasteiger partial charge in [0.05, 0.1) is 6.20 Å². The van der Waals surface area contributed by atoms with Gasteiger partial charge in [-0.25, -0.2) is 14.4 Å². The first kappa shape index (κ1) is 10.7. The van der Waals surface area contributed by atoms with Gasteiger partial charge in [0.15, 0.2) is 5.82 Å². The monoisotopic (exact) mass is 222 g/mol. The Balaban J connectivity index is 2.59. The van der Waals surface area contributed by atoms with E-state index in [0.29, 0.717) is 12.2 Å². The van der Waals surface area contributed by atoms with Gasteiger partial charge in [-0.1, -0.05) is 0 Å². The molecule has 0 aromatic carbocycles. The number of rotatable bonds is 4. The van der Waals surface area contributed by atoms with Crippen LogP contribution in [-0.2, 0) is 0 Å². The van der Waals surface area contributed by atoms with Crippen molar-refractivity contribution in [3.8, 4) is 0 Å². The van der Waals surface area contributed by atoms with Crippen molar-refractivity contribution in [1.82, 2.24) is 9.97 Å². The molecule has 1 heterocycles. The smallest absolute Gasteiger partial charge is 0.223 e. The molecule has 6 heteroatoms. The Labute approximate surface area is 84.4 Å². The van der Waals surface area contributed by atoms with Gasteiger partial charge < -0.3 is 5.11 Å². The third-order valence-corrected chi connectivity index (χ3v) is 2.46. The van der Waals surface area contributed by atoms with E-state index >= 15 is 0 Å². The Hall–Kier alpha value is -0.390. The van der Waals surface area contributed by atoms with Crippen LogP contribution in [0.1, 0.15) is 6.42 Å². The van der Waals surface area contributed by atoms with E-state index in [1.165, 1.54) is 11.8 Å². The lowest BCUT2D eigenvalue weighted by Gasteiger charge is -2.00. The molecule has 72 valence electrons. The van der Waals surface area contributed by atoms with Crippen molar-refractivity contribution < 1.29 is 9.50 Å². The van der Waals surface area contributed by atoms with E-state index in [4.69, 9.17) is 16.7 Å². The van der Waals surface area contributed by atoms with Crippen molar-refractivity contribution in [3.05, 3.63) is 17.3 Å². The van der Waals surface area contributed by atoms with Crippen molar-refractivity contribution in [2.45, 2.75) is 11.4 Å². The van der Waals surface area contributed by atoms with Crippen LogP contribution in [0.4, 0.5) is 4.39 Å². The zero-order valence-electron chi connectivity index (χ0n) is 6.70. The lowest BCUT2D eigenvalue weighted by atomic mass is 10.5. The van der Waals surface area contributed by atoms with Gasteiger partial charge in [-0.2, -0.15) is 0 Å². The van der Waals surface area contributed by atoms with Crippen molar-refractivity contribution in [2.75, 3.05) is 12.4 Å². The molecule has 0 saturated carbocycles. The van der Waals surface area contributed by atoms with Crippen LogP contribution in [0.5, 0.6) is 0 Å². The summed E-state index contributed by atoms with van der Waals surface area (Å²) < 4.78 is 12.9. The van der Waals surface area contributed by atoms with E-state index in [9.17, 15) is 4.39 Å². The number of aliphatic hydroxyl groups excluding tert-OH is 1. The normalized spacial score (nSPS) is 10.4. The van der Waals surface area contributed by atoms with Crippen molar-refractivity contribution in [3.63, 3.8) is 0 Å². The summed E-state index contributed by atoms with van der Waals surface area (Å²) in [6.07, 6.45) is 1.64. The molecule has 0 aliphatic carbocycles. The summed E-state index contributed by atoms with van der Waals surface area (Å²) in [5.74, 6) is 0.133. The second kappa shape index (κ2) is 5.36. The van der Waals surface area contributed by atoms with Gasteiger partial charge in [0.25, 0.3) is 0 Å². The van der Waals surface area contributed by atoms with Crippen molar-refractivity contribution in [1.29, 1.82) is 0 Å². The number of thioether (sulfide) groups is 1. The highest BCUT2D eigenvalue weighted by atomic mass is 35.5. The SMILES string of the molecule is OCCCSc1nc(Cl)ncc1F. The van der Waals surface area contributed by atoms with Crippen LogP contribution in [0.15, 0.2) is 11.2 Å². The maximum Gasteiger partial charge on any atom is 0.223 e. The Morgan fingerprint density at radius 2 is 2.38 bits per heavy atom. The average molecular weight is 223 g/mol. The highest BCUT2D eigenvalue weighted by Crippen LogP contribution is 2.20. The summed E-state index contributed by atoms with van der Waals surface area (Å²) in [5, 5.41) is 8.77. The first-order chi connectivity index (χ1) is 6.24. The third-order valence-electron chi connectivity index (χ3n) is 1.22.